The molecule has 0 aromatic rings. The van der Waals surface area contributed by atoms with Gasteiger partial charge in [0, 0.05) is 12.1 Å². The summed E-state index contributed by atoms with van der Waals surface area (Å²) < 4.78 is 0. The molecule has 1 heterocycles. The van der Waals surface area contributed by atoms with Crippen LogP contribution < -0.4 is 5.73 Å². The smallest absolute Gasteiger partial charge is 0.239 e. The number of nitrogens with two attached hydrogens (primary N) is 1. The maximum Gasteiger partial charge on any atom is 0.239 e. The molecule has 1 amide bonds. The Morgan fingerprint density at radius 2 is 1.85 bits per heavy atom. The highest BCUT2D eigenvalue weighted by molar-refractivity contribution is 5.81. The van der Waals surface area contributed by atoms with Crippen molar-refractivity contribution in [3.05, 3.63) is 0 Å². The van der Waals surface area contributed by atoms with Crippen LogP contribution in [0.25, 0.3) is 0 Å². The van der Waals surface area contributed by atoms with Crippen LogP contribution in [-0.2, 0) is 4.79 Å². The van der Waals surface area contributed by atoms with Crippen LogP contribution in [0.5, 0.6) is 0 Å². The molecule has 1 aliphatic heterocycles. The summed E-state index contributed by atoms with van der Waals surface area (Å²) in [6.07, 6.45) is 3.46. The average molecular weight is 184 g/mol. The lowest BCUT2D eigenvalue weighted by atomic mass is 9.97. The minimum atomic E-state index is -0.358. The van der Waals surface area contributed by atoms with E-state index in [1.54, 1.807) is 6.92 Å². The zero-order valence-corrected chi connectivity index (χ0v) is 8.79. The summed E-state index contributed by atoms with van der Waals surface area (Å²) in [6, 6.07) is 0.368. The number of rotatable bonds is 1. The lowest BCUT2D eigenvalue weighted by Crippen LogP contribution is -2.52. The van der Waals surface area contributed by atoms with Crippen molar-refractivity contribution in [3.63, 3.8) is 0 Å². The van der Waals surface area contributed by atoms with Gasteiger partial charge < -0.3 is 10.6 Å². The Kier molecular flexibility index (Phi) is 3.31. The van der Waals surface area contributed by atoms with Gasteiger partial charge in [-0.05, 0) is 40.0 Å². The first-order valence-electron chi connectivity index (χ1n) is 5.11. The Morgan fingerprint density at radius 3 is 2.23 bits per heavy atom. The SMILES string of the molecule is CC(N)C(=O)N1[C@H](C)CCC[C@@H]1C. The van der Waals surface area contributed by atoms with E-state index in [1.807, 2.05) is 4.90 Å². The maximum absolute atomic E-state index is 11.7. The van der Waals surface area contributed by atoms with Gasteiger partial charge in [-0.3, -0.25) is 4.79 Å². The van der Waals surface area contributed by atoms with E-state index in [0.29, 0.717) is 12.1 Å². The van der Waals surface area contributed by atoms with Gasteiger partial charge in [0.05, 0.1) is 6.04 Å². The summed E-state index contributed by atoms with van der Waals surface area (Å²) in [5.41, 5.74) is 5.60. The summed E-state index contributed by atoms with van der Waals surface area (Å²) in [4.78, 5) is 13.7. The molecule has 0 aliphatic carbocycles. The third-order valence-corrected chi connectivity index (χ3v) is 2.84. The van der Waals surface area contributed by atoms with Crippen molar-refractivity contribution in [2.75, 3.05) is 0 Å². The van der Waals surface area contributed by atoms with Crippen molar-refractivity contribution in [2.45, 2.75) is 58.2 Å². The second-order valence-corrected chi connectivity index (χ2v) is 4.16. The number of hydrogen-bond donors (Lipinski definition) is 1. The van der Waals surface area contributed by atoms with E-state index in [2.05, 4.69) is 13.8 Å². The predicted molar refractivity (Wildman–Crippen MR) is 53.3 cm³/mol. The van der Waals surface area contributed by atoms with Gasteiger partial charge in [0.1, 0.15) is 0 Å². The van der Waals surface area contributed by atoms with Gasteiger partial charge in [-0.25, -0.2) is 0 Å². The minimum absolute atomic E-state index is 0.0969. The predicted octanol–water partition coefficient (Wildman–Crippen LogP) is 1.12. The Morgan fingerprint density at radius 1 is 1.38 bits per heavy atom. The Balaban J connectivity index is 2.68. The number of hydrogen-bond acceptors (Lipinski definition) is 2. The fourth-order valence-corrected chi connectivity index (χ4v) is 2.09. The maximum atomic E-state index is 11.7. The van der Waals surface area contributed by atoms with E-state index in [1.165, 1.54) is 6.42 Å². The molecule has 1 rings (SSSR count). The first-order chi connectivity index (χ1) is 6.04. The third kappa shape index (κ3) is 2.21. The van der Waals surface area contributed by atoms with Gasteiger partial charge in [0.25, 0.3) is 0 Å². The normalized spacial score (nSPS) is 31.5. The van der Waals surface area contributed by atoms with Crippen molar-refractivity contribution in [2.24, 2.45) is 5.73 Å². The molecular formula is C10H20N2O. The summed E-state index contributed by atoms with van der Waals surface area (Å²) >= 11 is 0. The molecule has 0 aromatic heterocycles. The van der Waals surface area contributed by atoms with E-state index < -0.39 is 0 Å². The molecule has 1 unspecified atom stereocenters. The van der Waals surface area contributed by atoms with Crippen LogP contribution >= 0.6 is 0 Å². The van der Waals surface area contributed by atoms with Crippen molar-refractivity contribution < 1.29 is 4.79 Å². The average Bonchev–Trinajstić information content (AvgIpc) is 2.03. The summed E-state index contributed by atoms with van der Waals surface area (Å²) in [6.45, 7) is 5.97. The molecule has 1 aliphatic rings. The molecule has 3 heteroatoms. The van der Waals surface area contributed by atoms with E-state index in [4.69, 9.17) is 5.73 Å². The molecule has 3 nitrogen and oxygen atoms in total. The molecule has 0 aromatic carbocycles. The molecule has 76 valence electrons. The van der Waals surface area contributed by atoms with Crippen LogP contribution in [0.15, 0.2) is 0 Å². The second kappa shape index (κ2) is 4.09. The van der Waals surface area contributed by atoms with Crippen LogP contribution in [0.4, 0.5) is 0 Å². The molecule has 3 atom stereocenters. The summed E-state index contributed by atoms with van der Waals surface area (Å²) in [5.74, 6) is 0.0969. The van der Waals surface area contributed by atoms with Gasteiger partial charge in [0.2, 0.25) is 5.91 Å². The Labute approximate surface area is 80.3 Å². The highest BCUT2D eigenvalue weighted by atomic mass is 16.2. The minimum Gasteiger partial charge on any atom is -0.336 e. The zero-order valence-electron chi connectivity index (χ0n) is 8.79. The molecule has 2 N–H and O–H groups in total. The number of piperidine rings is 1. The monoisotopic (exact) mass is 184 g/mol. The lowest BCUT2D eigenvalue weighted by molar-refractivity contribution is -0.138. The standard InChI is InChI=1S/C10H20N2O/c1-7-5-4-6-8(2)12(7)10(13)9(3)11/h7-9H,4-6,11H2,1-3H3/t7-,8+,9?. The largest absolute Gasteiger partial charge is 0.336 e. The quantitative estimate of drug-likeness (QED) is 0.664. The number of likely N-dealkylation sites (tertiary alicyclic amines) is 1. The van der Waals surface area contributed by atoms with Gasteiger partial charge in [0.15, 0.2) is 0 Å². The zero-order chi connectivity index (χ0) is 10.0. The van der Waals surface area contributed by atoms with Crippen molar-refractivity contribution >= 4 is 5.91 Å². The van der Waals surface area contributed by atoms with Crippen molar-refractivity contribution in [1.82, 2.24) is 4.90 Å². The molecule has 13 heavy (non-hydrogen) atoms. The van der Waals surface area contributed by atoms with Gasteiger partial charge >= 0.3 is 0 Å². The molecule has 0 bridgehead atoms. The van der Waals surface area contributed by atoms with E-state index in [9.17, 15) is 4.79 Å². The molecular weight excluding hydrogens is 164 g/mol. The first-order valence-corrected chi connectivity index (χ1v) is 5.11. The van der Waals surface area contributed by atoms with Crippen LogP contribution in [0, 0.1) is 0 Å². The highest BCUT2D eigenvalue weighted by Crippen LogP contribution is 2.22. The van der Waals surface area contributed by atoms with E-state index >= 15 is 0 Å². The fraction of sp³-hybridized carbons (Fsp3) is 0.900. The number of nitrogens with zero attached hydrogens (tertiary/aromatic N) is 1. The molecule has 0 saturated carbocycles. The van der Waals surface area contributed by atoms with Gasteiger partial charge in [-0.15, -0.1) is 0 Å². The van der Waals surface area contributed by atoms with Gasteiger partial charge in [-0.1, -0.05) is 0 Å². The highest BCUT2D eigenvalue weighted by Gasteiger charge is 2.30. The van der Waals surface area contributed by atoms with Crippen LogP contribution in [0.3, 0.4) is 0 Å². The van der Waals surface area contributed by atoms with E-state index in [0.717, 1.165) is 12.8 Å². The fourth-order valence-electron chi connectivity index (χ4n) is 2.09. The first kappa shape index (κ1) is 10.5. The Hall–Kier alpha value is -0.570. The second-order valence-electron chi connectivity index (χ2n) is 4.16. The van der Waals surface area contributed by atoms with Gasteiger partial charge in [-0.2, -0.15) is 0 Å². The molecule has 0 radical (unpaired) electrons. The molecule has 1 saturated heterocycles. The van der Waals surface area contributed by atoms with Crippen LogP contribution in [0.1, 0.15) is 40.0 Å². The number of carbonyl (C=O) groups excluding carboxylic acids is 1. The number of amides is 1. The summed E-state index contributed by atoms with van der Waals surface area (Å²) in [5, 5.41) is 0. The third-order valence-electron chi connectivity index (χ3n) is 2.84. The van der Waals surface area contributed by atoms with Crippen molar-refractivity contribution in [3.8, 4) is 0 Å². The van der Waals surface area contributed by atoms with E-state index in [-0.39, 0.29) is 11.9 Å². The molecule has 0 spiro atoms. The molecule has 1 fully saturated rings. The lowest BCUT2D eigenvalue weighted by Gasteiger charge is -2.40. The van der Waals surface area contributed by atoms with Crippen LogP contribution in [-0.4, -0.2) is 28.9 Å². The van der Waals surface area contributed by atoms with Crippen LogP contribution in [0.2, 0.25) is 0 Å². The summed E-state index contributed by atoms with van der Waals surface area (Å²) in [7, 11) is 0. The van der Waals surface area contributed by atoms with Crippen molar-refractivity contribution in [1.29, 1.82) is 0 Å². The topological polar surface area (TPSA) is 46.3 Å². The Bertz CT molecular complexity index is 181. The number of carbonyl (C=O) groups is 1.